The molecule has 0 unspecified atom stereocenters. The van der Waals surface area contributed by atoms with Crippen molar-refractivity contribution in [2.45, 2.75) is 7.43 Å². The highest BCUT2D eigenvalue weighted by Crippen LogP contribution is 2.28. The first-order valence-electron chi connectivity index (χ1n) is 6.89. The van der Waals surface area contributed by atoms with Crippen molar-refractivity contribution in [2.75, 3.05) is 0 Å². The highest BCUT2D eigenvalue weighted by molar-refractivity contribution is 9.11. The standard InChI is InChI=1S/C9H6BrNO2.C7H4BrNO4.CH4/c10-7-6(9(12)13)2-1-5-3-4-11-8(5)7;8-6-4(7(10)11)2-1-3-5(6)9(12)13;/h1-4,11H,(H,12,13);1-3H,(H,10,11);1H4. The second kappa shape index (κ2) is 9.28. The number of aromatic amines is 1. The molecule has 2 aromatic carbocycles. The molecule has 0 bridgehead atoms. The minimum atomic E-state index is -1.20. The fourth-order valence-corrected chi connectivity index (χ4v) is 3.31. The maximum absolute atomic E-state index is 10.7. The second-order valence-electron chi connectivity index (χ2n) is 4.88. The zero-order valence-electron chi connectivity index (χ0n) is 12.8. The van der Waals surface area contributed by atoms with Gasteiger partial charge in [0.2, 0.25) is 0 Å². The molecule has 3 rings (SSSR count). The Morgan fingerprint density at radius 1 is 0.963 bits per heavy atom. The molecule has 27 heavy (non-hydrogen) atoms. The van der Waals surface area contributed by atoms with Crippen LogP contribution < -0.4 is 0 Å². The van der Waals surface area contributed by atoms with Gasteiger partial charge in [-0.2, -0.15) is 0 Å². The van der Waals surface area contributed by atoms with Gasteiger partial charge in [-0.15, -0.1) is 0 Å². The summed E-state index contributed by atoms with van der Waals surface area (Å²) in [6, 6.07) is 9.11. The van der Waals surface area contributed by atoms with Gasteiger partial charge in [-0.25, -0.2) is 9.59 Å². The first-order valence-corrected chi connectivity index (χ1v) is 8.47. The van der Waals surface area contributed by atoms with E-state index in [2.05, 4.69) is 36.8 Å². The number of nitrogens with zero attached hydrogens (tertiary/aromatic N) is 1. The minimum absolute atomic E-state index is 0. The van der Waals surface area contributed by atoms with Crippen LogP contribution in [0.15, 0.2) is 51.5 Å². The average Bonchev–Trinajstić information content (AvgIpc) is 3.04. The zero-order valence-corrected chi connectivity index (χ0v) is 15.9. The number of aromatic nitrogens is 1. The fraction of sp³-hybridized carbons (Fsp3) is 0.0588. The van der Waals surface area contributed by atoms with Crippen LogP contribution in [0, 0.1) is 10.1 Å². The van der Waals surface area contributed by atoms with Crippen molar-refractivity contribution in [2.24, 2.45) is 0 Å². The third-order valence-electron chi connectivity index (χ3n) is 3.30. The highest BCUT2D eigenvalue weighted by atomic mass is 79.9. The summed E-state index contributed by atoms with van der Waals surface area (Å²) < 4.78 is 0.593. The molecule has 0 saturated heterocycles. The Morgan fingerprint density at radius 3 is 2.11 bits per heavy atom. The van der Waals surface area contributed by atoms with E-state index in [1.54, 1.807) is 18.3 Å². The van der Waals surface area contributed by atoms with Gasteiger partial charge in [0.05, 0.1) is 26.0 Å². The molecule has 3 aromatic rings. The van der Waals surface area contributed by atoms with Crippen molar-refractivity contribution < 1.29 is 24.7 Å². The predicted octanol–water partition coefficient (Wildman–Crippen LogP) is 5.32. The van der Waals surface area contributed by atoms with Gasteiger partial charge in [0, 0.05) is 17.6 Å². The van der Waals surface area contributed by atoms with Crippen LogP contribution in [0.1, 0.15) is 28.1 Å². The lowest BCUT2D eigenvalue weighted by molar-refractivity contribution is -0.385. The Morgan fingerprint density at radius 2 is 1.56 bits per heavy atom. The smallest absolute Gasteiger partial charge is 0.337 e. The lowest BCUT2D eigenvalue weighted by Crippen LogP contribution is -2.00. The molecule has 142 valence electrons. The van der Waals surface area contributed by atoms with Crippen LogP contribution in [0.4, 0.5) is 5.69 Å². The molecule has 0 fully saturated rings. The van der Waals surface area contributed by atoms with Crippen molar-refractivity contribution in [3.8, 4) is 0 Å². The van der Waals surface area contributed by atoms with Gasteiger partial charge in [0.25, 0.3) is 5.69 Å². The maximum Gasteiger partial charge on any atom is 0.337 e. The van der Waals surface area contributed by atoms with E-state index in [4.69, 9.17) is 10.2 Å². The van der Waals surface area contributed by atoms with Gasteiger partial charge in [0.1, 0.15) is 4.47 Å². The number of nitro benzene ring substituents is 1. The molecule has 10 heteroatoms. The molecule has 0 aliphatic carbocycles. The summed E-state index contributed by atoms with van der Waals surface area (Å²) in [6.45, 7) is 0. The number of carboxylic acid groups (broad SMARTS) is 2. The number of carbonyl (C=O) groups is 2. The van der Waals surface area contributed by atoms with E-state index in [9.17, 15) is 19.7 Å². The fourth-order valence-electron chi connectivity index (χ4n) is 2.08. The third kappa shape index (κ3) is 4.92. The van der Waals surface area contributed by atoms with Crippen LogP contribution in [-0.4, -0.2) is 32.1 Å². The van der Waals surface area contributed by atoms with Crippen LogP contribution in [0.25, 0.3) is 10.9 Å². The number of H-pyrrole nitrogens is 1. The molecule has 0 saturated carbocycles. The summed E-state index contributed by atoms with van der Waals surface area (Å²) in [7, 11) is 0. The van der Waals surface area contributed by atoms with Gasteiger partial charge in [-0.3, -0.25) is 10.1 Å². The number of rotatable bonds is 3. The van der Waals surface area contributed by atoms with Crippen LogP contribution in [-0.2, 0) is 0 Å². The Hall–Kier alpha value is -2.72. The SMILES string of the molecule is C.O=C(O)c1ccc2cc[nH]c2c1Br.O=C(O)c1cccc([N+](=O)[O-])c1Br. The van der Waals surface area contributed by atoms with Crippen LogP contribution >= 0.6 is 31.9 Å². The van der Waals surface area contributed by atoms with Crippen molar-refractivity contribution in [3.05, 3.63) is 72.8 Å². The number of nitro groups is 1. The molecule has 0 aliphatic rings. The number of aromatic carboxylic acids is 2. The molecule has 0 atom stereocenters. The molecule has 0 spiro atoms. The van der Waals surface area contributed by atoms with E-state index in [1.165, 1.54) is 18.2 Å². The largest absolute Gasteiger partial charge is 0.478 e. The van der Waals surface area contributed by atoms with Crippen LogP contribution in [0.2, 0.25) is 0 Å². The summed E-state index contributed by atoms with van der Waals surface area (Å²) >= 11 is 6.11. The Balaban J connectivity index is 0.000000260. The molecule has 0 amide bonds. The molecule has 0 aliphatic heterocycles. The van der Waals surface area contributed by atoms with Crippen LogP contribution in [0.3, 0.4) is 0 Å². The lowest BCUT2D eigenvalue weighted by Gasteiger charge is -1.99. The van der Waals surface area contributed by atoms with E-state index in [0.717, 1.165) is 10.9 Å². The molecule has 1 heterocycles. The Labute approximate surface area is 170 Å². The van der Waals surface area contributed by atoms with E-state index in [0.29, 0.717) is 4.47 Å². The molecule has 0 radical (unpaired) electrons. The van der Waals surface area contributed by atoms with Gasteiger partial charge >= 0.3 is 11.9 Å². The molecular weight excluding hydrogens is 488 g/mol. The summed E-state index contributed by atoms with van der Waals surface area (Å²) in [5.41, 5.74) is 0.726. The summed E-state index contributed by atoms with van der Waals surface area (Å²) in [5, 5.41) is 28.8. The van der Waals surface area contributed by atoms with Gasteiger partial charge in [0.15, 0.2) is 0 Å². The number of halogens is 2. The van der Waals surface area contributed by atoms with E-state index in [-0.39, 0.29) is 28.7 Å². The quantitative estimate of drug-likeness (QED) is 0.328. The second-order valence-corrected chi connectivity index (χ2v) is 6.46. The Kier molecular flexibility index (Phi) is 7.68. The average molecular weight is 502 g/mol. The number of fused-ring (bicyclic) bond motifs is 1. The molecule has 3 N–H and O–H groups in total. The summed E-state index contributed by atoms with van der Waals surface area (Å²) in [4.78, 5) is 34.0. The molecule has 1 aromatic heterocycles. The number of nitrogens with one attached hydrogen (secondary N) is 1. The first kappa shape index (κ1) is 22.3. The number of benzene rings is 2. The predicted molar refractivity (Wildman–Crippen MR) is 107 cm³/mol. The van der Waals surface area contributed by atoms with Crippen molar-refractivity contribution in [1.82, 2.24) is 4.98 Å². The maximum atomic E-state index is 10.7. The summed E-state index contributed by atoms with van der Waals surface area (Å²) in [6.07, 6.45) is 1.78. The van der Waals surface area contributed by atoms with Crippen molar-refractivity contribution in [1.29, 1.82) is 0 Å². The lowest BCUT2D eigenvalue weighted by atomic mass is 10.2. The van der Waals surface area contributed by atoms with Crippen molar-refractivity contribution in [3.63, 3.8) is 0 Å². The van der Waals surface area contributed by atoms with E-state index < -0.39 is 16.9 Å². The van der Waals surface area contributed by atoms with Gasteiger partial charge in [-0.05, 0) is 50.1 Å². The number of carboxylic acids is 2. The Bertz CT molecular complexity index is 984. The monoisotopic (exact) mass is 500 g/mol. The zero-order chi connectivity index (χ0) is 19.4. The molecular formula is C17H14Br2N2O6. The third-order valence-corrected chi connectivity index (χ3v) is 4.96. The van der Waals surface area contributed by atoms with Gasteiger partial charge in [-0.1, -0.05) is 19.6 Å². The van der Waals surface area contributed by atoms with E-state index in [1.807, 2.05) is 6.07 Å². The highest BCUT2D eigenvalue weighted by Gasteiger charge is 2.18. The van der Waals surface area contributed by atoms with Crippen LogP contribution in [0.5, 0.6) is 0 Å². The minimum Gasteiger partial charge on any atom is -0.478 e. The molecule has 8 nitrogen and oxygen atoms in total. The number of hydrogen-bond donors (Lipinski definition) is 3. The normalized spacial score (nSPS) is 9.70. The topological polar surface area (TPSA) is 134 Å². The number of hydrogen-bond acceptors (Lipinski definition) is 4. The first-order chi connectivity index (χ1) is 12.2. The van der Waals surface area contributed by atoms with Gasteiger partial charge < -0.3 is 15.2 Å². The summed E-state index contributed by atoms with van der Waals surface area (Å²) in [5.74, 6) is -2.13. The van der Waals surface area contributed by atoms with Crippen molar-refractivity contribution >= 4 is 60.4 Å². The van der Waals surface area contributed by atoms with E-state index >= 15 is 0 Å².